The third-order valence-corrected chi connectivity index (χ3v) is 3.15. The molecule has 1 unspecified atom stereocenters. The molecule has 9 heteroatoms. The van der Waals surface area contributed by atoms with Crippen molar-refractivity contribution in [2.45, 2.75) is 18.9 Å². The lowest BCUT2D eigenvalue weighted by atomic mass is 10.1. The molecule has 3 heterocycles. The monoisotopic (exact) mass is 292 g/mol. The Morgan fingerprint density at radius 2 is 2.05 bits per heavy atom. The lowest BCUT2D eigenvalue weighted by molar-refractivity contribution is -0.136. The smallest absolute Gasteiger partial charge is 0.251 e. The molecule has 1 aliphatic rings. The molecule has 1 saturated heterocycles. The summed E-state index contributed by atoms with van der Waals surface area (Å²) in [5, 5.41) is 10.3. The largest absolute Gasteiger partial charge is 0.295 e. The molecule has 1 N–H and O–H groups in total. The van der Waals surface area contributed by atoms with E-state index in [1.807, 2.05) is 0 Å². The van der Waals surface area contributed by atoms with Crippen molar-refractivity contribution in [2.75, 3.05) is 0 Å². The third kappa shape index (κ3) is 2.37. The molecule has 0 saturated carbocycles. The first-order valence-corrected chi connectivity index (χ1v) is 6.25. The fourth-order valence-corrected chi connectivity index (χ4v) is 2.04. The number of nitrogens with one attached hydrogen (secondary N) is 1. The zero-order valence-corrected chi connectivity index (χ0v) is 10.9. The first-order chi connectivity index (χ1) is 9.63. The van der Waals surface area contributed by atoms with Gasteiger partial charge in [-0.2, -0.15) is 0 Å². The molecule has 3 rings (SSSR count). The molecule has 102 valence electrons. The molecule has 2 aromatic heterocycles. The summed E-state index contributed by atoms with van der Waals surface area (Å²) < 4.78 is 1.44. The lowest BCUT2D eigenvalue weighted by Crippen LogP contribution is -2.41. The fraction of sp³-hybridized carbons (Fsp3) is 0.273. The van der Waals surface area contributed by atoms with Crippen LogP contribution in [0.2, 0.25) is 5.28 Å². The molecule has 2 aromatic rings. The zero-order valence-electron chi connectivity index (χ0n) is 10.2. The number of nitrogens with zero attached hydrogens (tertiary/aromatic N) is 5. The summed E-state index contributed by atoms with van der Waals surface area (Å²) in [4.78, 5) is 30.5. The van der Waals surface area contributed by atoms with E-state index in [1.54, 1.807) is 6.20 Å². The molecule has 0 bridgehead atoms. The highest BCUT2D eigenvalue weighted by Crippen LogP contribution is 2.21. The molecule has 2 amide bonds. The molecule has 0 spiro atoms. The van der Waals surface area contributed by atoms with Crippen LogP contribution in [0.3, 0.4) is 0 Å². The molecular formula is C11H9ClN6O2. The average Bonchev–Trinajstić information content (AvgIpc) is 2.89. The standard InChI is InChI=1S/C11H9ClN6O2/c12-11-13-3-6(4-14-11)7-5-18(17-16-7)8-1-2-9(19)15-10(8)20/h3-5,8H,1-2H2,(H,15,19,20). The van der Waals surface area contributed by atoms with Gasteiger partial charge in [-0.05, 0) is 18.0 Å². The molecule has 1 atom stereocenters. The summed E-state index contributed by atoms with van der Waals surface area (Å²) in [7, 11) is 0. The highest BCUT2D eigenvalue weighted by atomic mass is 35.5. The molecule has 1 fully saturated rings. The quantitative estimate of drug-likeness (QED) is 0.633. The Balaban J connectivity index is 1.85. The first kappa shape index (κ1) is 12.7. The van der Waals surface area contributed by atoms with Gasteiger partial charge in [0.05, 0.1) is 6.20 Å². The van der Waals surface area contributed by atoms with Gasteiger partial charge in [-0.3, -0.25) is 14.9 Å². The summed E-state index contributed by atoms with van der Waals surface area (Å²) >= 11 is 5.61. The van der Waals surface area contributed by atoms with Crippen molar-refractivity contribution in [3.05, 3.63) is 23.9 Å². The minimum Gasteiger partial charge on any atom is -0.295 e. The third-order valence-electron chi connectivity index (χ3n) is 2.96. The van der Waals surface area contributed by atoms with Gasteiger partial charge in [-0.1, -0.05) is 5.21 Å². The highest BCUT2D eigenvalue weighted by molar-refractivity contribution is 6.28. The van der Waals surface area contributed by atoms with Crippen molar-refractivity contribution >= 4 is 23.4 Å². The van der Waals surface area contributed by atoms with Crippen molar-refractivity contribution in [2.24, 2.45) is 0 Å². The van der Waals surface area contributed by atoms with E-state index in [0.29, 0.717) is 17.7 Å². The molecule has 8 nitrogen and oxygen atoms in total. The van der Waals surface area contributed by atoms with Crippen LogP contribution < -0.4 is 5.32 Å². The molecule has 1 aliphatic heterocycles. The first-order valence-electron chi connectivity index (χ1n) is 5.87. The molecule has 0 aromatic carbocycles. The van der Waals surface area contributed by atoms with Crippen LogP contribution in [0.15, 0.2) is 18.6 Å². The maximum absolute atomic E-state index is 11.7. The van der Waals surface area contributed by atoms with Crippen LogP contribution in [0.25, 0.3) is 11.3 Å². The van der Waals surface area contributed by atoms with E-state index in [0.717, 1.165) is 0 Å². The van der Waals surface area contributed by atoms with Gasteiger partial charge in [0.25, 0.3) is 5.91 Å². The number of halogens is 1. The number of amides is 2. The van der Waals surface area contributed by atoms with Crippen molar-refractivity contribution in [3.8, 4) is 11.3 Å². The normalized spacial score (nSPS) is 18.9. The second-order valence-electron chi connectivity index (χ2n) is 4.29. The topological polar surface area (TPSA) is 103 Å². The Labute approximate surface area is 118 Å². The number of hydrogen-bond donors (Lipinski definition) is 1. The van der Waals surface area contributed by atoms with Gasteiger partial charge >= 0.3 is 0 Å². The Morgan fingerprint density at radius 3 is 2.75 bits per heavy atom. The maximum Gasteiger partial charge on any atom is 0.251 e. The van der Waals surface area contributed by atoms with Crippen molar-refractivity contribution in [1.82, 2.24) is 30.3 Å². The van der Waals surface area contributed by atoms with Gasteiger partial charge in [0.2, 0.25) is 11.2 Å². The summed E-state index contributed by atoms with van der Waals surface area (Å²) in [6.07, 6.45) is 5.36. The number of hydrogen-bond acceptors (Lipinski definition) is 6. The Kier molecular flexibility index (Phi) is 3.15. The average molecular weight is 293 g/mol. The summed E-state index contributed by atoms with van der Waals surface area (Å²) in [5.41, 5.74) is 1.18. The summed E-state index contributed by atoms with van der Waals surface area (Å²) in [6, 6.07) is -0.526. The zero-order chi connectivity index (χ0) is 14.1. The van der Waals surface area contributed by atoms with E-state index in [9.17, 15) is 9.59 Å². The van der Waals surface area contributed by atoms with Crippen LogP contribution in [0, 0.1) is 0 Å². The molecule has 20 heavy (non-hydrogen) atoms. The van der Waals surface area contributed by atoms with Crippen LogP contribution >= 0.6 is 11.6 Å². The van der Waals surface area contributed by atoms with Crippen molar-refractivity contribution in [1.29, 1.82) is 0 Å². The van der Waals surface area contributed by atoms with Crippen LogP contribution in [0.1, 0.15) is 18.9 Å². The molecule has 0 aliphatic carbocycles. The Hall–Kier alpha value is -2.35. The van der Waals surface area contributed by atoms with E-state index in [2.05, 4.69) is 25.6 Å². The van der Waals surface area contributed by atoms with Crippen LogP contribution in [-0.2, 0) is 9.59 Å². The van der Waals surface area contributed by atoms with Gasteiger partial charge < -0.3 is 0 Å². The SMILES string of the molecule is O=C1CCC(n2cc(-c3cnc(Cl)nc3)nn2)C(=O)N1. The van der Waals surface area contributed by atoms with Crippen LogP contribution in [0.4, 0.5) is 0 Å². The van der Waals surface area contributed by atoms with Crippen LogP contribution in [0.5, 0.6) is 0 Å². The number of carbonyl (C=O) groups excluding carboxylic acids is 2. The minimum absolute atomic E-state index is 0.145. The fourth-order valence-electron chi connectivity index (χ4n) is 1.94. The van der Waals surface area contributed by atoms with E-state index >= 15 is 0 Å². The second-order valence-corrected chi connectivity index (χ2v) is 4.63. The molecule has 0 radical (unpaired) electrons. The number of imide groups is 1. The Bertz CT molecular complexity index is 668. The number of piperidine rings is 1. The van der Waals surface area contributed by atoms with Gasteiger partial charge in [-0.25, -0.2) is 14.6 Å². The summed E-state index contributed by atoms with van der Waals surface area (Å²) in [6.45, 7) is 0. The van der Waals surface area contributed by atoms with Gasteiger partial charge in [-0.15, -0.1) is 5.10 Å². The van der Waals surface area contributed by atoms with Gasteiger partial charge in [0.15, 0.2) is 0 Å². The maximum atomic E-state index is 11.7. The predicted octanol–water partition coefficient (Wildman–Crippen LogP) is 0.366. The van der Waals surface area contributed by atoms with Gasteiger partial charge in [0.1, 0.15) is 11.7 Å². The second kappa shape index (κ2) is 4.97. The van der Waals surface area contributed by atoms with Crippen molar-refractivity contribution < 1.29 is 9.59 Å². The number of rotatable bonds is 2. The van der Waals surface area contributed by atoms with Crippen molar-refractivity contribution in [3.63, 3.8) is 0 Å². The summed E-state index contributed by atoms with van der Waals surface area (Å²) in [5.74, 6) is -0.636. The lowest BCUT2D eigenvalue weighted by Gasteiger charge is -2.20. The Morgan fingerprint density at radius 1 is 1.30 bits per heavy atom. The number of carbonyl (C=O) groups is 2. The van der Waals surface area contributed by atoms with E-state index in [1.165, 1.54) is 17.1 Å². The van der Waals surface area contributed by atoms with E-state index in [-0.39, 0.29) is 23.5 Å². The number of aromatic nitrogens is 5. The molecular weight excluding hydrogens is 284 g/mol. The van der Waals surface area contributed by atoms with E-state index < -0.39 is 6.04 Å². The van der Waals surface area contributed by atoms with Crippen LogP contribution in [-0.4, -0.2) is 36.8 Å². The van der Waals surface area contributed by atoms with Gasteiger partial charge in [0, 0.05) is 24.4 Å². The minimum atomic E-state index is -0.526. The van der Waals surface area contributed by atoms with E-state index in [4.69, 9.17) is 11.6 Å². The predicted molar refractivity (Wildman–Crippen MR) is 67.5 cm³/mol. The highest BCUT2D eigenvalue weighted by Gasteiger charge is 2.29.